The van der Waals surface area contributed by atoms with Gasteiger partial charge in [0.05, 0.1) is 23.6 Å². The first kappa shape index (κ1) is 15.8. The van der Waals surface area contributed by atoms with Crippen LogP contribution < -0.4 is 0 Å². The lowest BCUT2D eigenvalue weighted by Crippen LogP contribution is -2.40. The molecule has 2 aromatic heterocycles. The number of carbonyl (C=O) groups excluding carboxylic acids is 1. The number of hydrogen-bond acceptors (Lipinski definition) is 5. The average Bonchev–Trinajstić information content (AvgIpc) is 3.16. The predicted octanol–water partition coefficient (Wildman–Crippen LogP) is 1.83. The molecule has 0 aliphatic carbocycles. The summed E-state index contributed by atoms with van der Waals surface area (Å²) in [6.07, 6.45) is 0. The van der Waals surface area contributed by atoms with Gasteiger partial charge in [-0.1, -0.05) is 0 Å². The largest absolute Gasteiger partial charge is 0.377 e. The number of benzene rings is 1. The minimum absolute atomic E-state index is 0.0106. The Morgan fingerprint density at radius 1 is 1.40 bits per heavy atom. The van der Waals surface area contributed by atoms with Crippen molar-refractivity contribution >= 4 is 16.9 Å². The second-order valence-electron chi connectivity index (χ2n) is 6.42. The molecule has 0 saturated heterocycles. The molecule has 0 unspecified atom stereocenters. The zero-order chi connectivity index (χ0) is 17.6. The Bertz CT molecular complexity index is 944. The number of aromatic amines is 1. The lowest BCUT2D eigenvalue weighted by molar-refractivity contribution is 0.0675. The number of methoxy groups -OCH3 is 1. The Morgan fingerprint density at radius 3 is 3.04 bits per heavy atom. The van der Waals surface area contributed by atoms with Crippen molar-refractivity contribution in [1.82, 2.24) is 29.6 Å². The van der Waals surface area contributed by atoms with E-state index in [1.807, 2.05) is 30.0 Å². The Morgan fingerprint density at radius 2 is 2.24 bits per heavy atom. The van der Waals surface area contributed by atoms with E-state index in [0.29, 0.717) is 25.3 Å². The molecule has 3 heterocycles. The minimum atomic E-state index is -0.0106. The Balaban J connectivity index is 1.61. The number of nitrogens with one attached hydrogen (secondary N) is 1. The van der Waals surface area contributed by atoms with Crippen LogP contribution in [0.1, 0.15) is 40.8 Å². The number of hydrogen-bond donors (Lipinski definition) is 1. The fourth-order valence-corrected chi connectivity index (χ4v) is 3.45. The number of ether oxygens (including phenoxy) is 1. The molecule has 8 nitrogen and oxygen atoms in total. The highest BCUT2D eigenvalue weighted by Crippen LogP contribution is 2.24. The van der Waals surface area contributed by atoms with Crippen LogP contribution in [-0.4, -0.2) is 49.2 Å². The molecule has 0 saturated carbocycles. The van der Waals surface area contributed by atoms with Crippen LogP contribution in [0.5, 0.6) is 0 Å². The molecule has 1 aliphatic rings. The molecule has 3 aromatic rings. The zero-order valence-corrected chi connectivity index (χ0v) is 14.5. The van der Waals surface area contributed by atoms with Gasteiger partial charge in [-0.3, -0.25) is 4.79 Å². The standard InChI is InChI=1S/C17H20N6O2/c1-10-7-22(8-15-20-21-16(9-25-3)23(10)15)17(24)12-4-5-13-14(6-12)19-11(2)18-13/h4-6,10H,7-9H2,1-3H3,(H,18,19)/t10-/m0/s1. The summed E-state index contributed by atoms with van der Waals surface area (Å²) in [5.41, 5.74) is 2.39. The van der Waals surface area contributed by atoms with Crippen LogP contribution in [0.3, 0.4) is 0 Å². The van der Waals surface area contributed by atoms with E-state index in [1.165, 1.54) is 0 Å². The highest BCUT2D eigenvalue weighted by Gasteiger charge is 2.29. The maximum Gasteiger partial charge on any atom is 0.254 e. The highest BCUT2D eigenvalue weighted by atomic mass is 16.5. The third kappa shape index (κ3) is 2.68. The number of H-pyrrole nitrogens is 1. The second-order valence-corrected chi connectivity index (χ2v) is 6.42. The smallest absolute Gasteiger partial charge is 0.254 e. The van der Waals surface area contributed by atoms with Gasteiger partial charge in [0.25, 0.3) is 5.91 Å². The Kier molecular flexibility index (Phi) is 3.76. The molecule has 1 atom stereocenters. The molecular weight excluding hydrogens is 320 g/mol. The fourth-order valence-electron chi connectivity index (χ4n) is 3.45. The number of imidazole rings is 1. The number of carbonyl (C=O) groups is 1. The van der Waals surface area contributed by atoms with Crippen LogP contribution in [0.25, 0.3) is 11.0 Å². The molecular formula is C17H20N6O2. The summed E-state index contributed by atoms with van der Waals surface area (Å²) in [4.78, 5) is 22.3. The maximum absolute atomic E-state index is 12.9. The molecule has 1 aromatic carbocycles. The van der Waals surface area contributed by atoms with Crippen molar-refractivity contribution in [2.45, 2.75) is 33.0 Å². The first-order valence-electron chi connectivity index (χ1n) is 8.24. The van der Waals surface area contributed by atoms with Crippen molar-refractivity contribution in [2.24, 2.45) is 0 Å². The molecule has 4 rings (SSSR count). The summed E-state index contributed by atoms with van der Waals surface area (Å²) >= 11 is 0. The van der Waals surface area contributed by atoms with E-state index < -0.39 is 0 Å². The summed E-state index contributed by atoms with van der Waals surface area (Å²) in [5.74, 6) is 2.41. The van der Waals surface area contributed by atoms with E-state index in [-0.39, 0.29) is 11.9 Å². The van der Waals surface area contributed by atoms with E-state index in [4.69, 9.17) is 4.74 Å². The number of amides is 1. The first-order valence-corrected chi connectivity index (χ1v) is 8.24. The Labute approximate surface area is 144 Å². The predicted molar refractivity (Wildman–Crippen MR) is 91.0 cm³/mol. The number of aryl methyl sites for hydroxylation is 1. The van der Waals surface area contributed by atoms with Gasteiger partial charge < -0.3 is 19.2 Å². The molecule has 0 spiro atoms. The van der Waals surface area contributed by atoms with Gasteiger partial charge in [-0.2, -0.15) is 0 Å². The molecule has 8 heteroatoms. The fraction of sp³-hybridized carbons (Fsp3) is 0.412. The van der Waals surface area contributed by atoms with Crippen LogP contribution in [-0.2, 0) is 17.9 Å². The lowest BCUT2D eigenvalue weighted by Gasteiger charge is -2.32. The van der Waals surface area contributed by atoms with Gasteiger partial charge in [-0.15, -0.1) is 10.2 Å². The van der Waals surface area contributed by atoms with Crippen LogP contribution in [0.15, 0.2) is 18.2 Å². The van der Waals surface area contributed by atoms with Crippen LogP contribution in [0.4, 0.5) is 0 Å². The second kappa shape index (κ2) is 5.96. The van der Waals surface area contributed by atoms with Crippen molar-refractivity contribution in [1.29, 1.82) is 0 Å². The summed E-state index contributed by atoms with van der Waals surface area (Å²) in [6.45, 7) is 5.44. The van der Waals surface area contributed by atoms with Crippen LogP contribution in [0, 0.1) is 6.92 Å². The van der Waals surface area contributed by atoms with Gasteiger partial charge in [0, 0.05) is 19.2 Å². The quantitative estimate of drug-likeness (QED) is 0.786. The van der Waals surface area contributed by atoms with Crippen molar-refractivity contribution in [3.8, 4) is 0 Å². The normalized spacial score (nSPS) is 17.1. The number of fused-ring (bicyclic) bond motifs is 2. The van der Waals surface area contributed by atoms with E-state index in [1.54, 1.807) is 7.11 Å². The van der Waals surface area contributed by atoms with E-state index in [2.05, 4.69) is 31.7 Å². The van der Waals surface area contributed by atoms with Gasteiger partial charge in [0.15, 0.2) is 11.6 Å². The summed E-state index contributed by atoms with van der Waals surface area (Å²) in [5, 5.41) is 8.41. The highest BCUT2D eigenvalue weighted by molar-refractivity contribution is 5.97. The first-order chi connectivity index (χ1) is 12.1. The van der Waals surface area contributed by atoms with Crippen molar-refractivity contribution in [3.63, 3.8) is 0 Å². The number of aromatic nitrogens is 5. The third-order valence-corrected chi connectivity index (χ3v) is 4.50. The van der Waals surface area contributed by atoms with Gasteiger partial charge in [0.2, 0.25) is 0 Å². The molecule has 0 bridgehead atoms. The molecule has 1 aliphatic heterocycles. The monoisotopic (exact) mass is 340 g/mol. The molecule has 1 amide bonds. The van der Waals surface area contributed by atoms with Crippen LogP contribution >= 0.6 is 0 Å². The van der Waals surface area contributed by atoms with Gasteiger partial charge >= 0.3 is 0 Å². The van der Waals surface area contributed by atoms with Crippen LogP contribution in [0.2, 0.25) is 0 Å². The molecule has 0 fully saturated rings. The Hall–Kier alpha value is -2.74. The summed E-state index contributed by atoms with van der Waals surface area (Å²) in [7, 11) is 1.64. The topological polar surface area (TPSA) is 88.9 Å². The average molecular weight is 340 g/mol. The van der Waals surface area contributed by atoms with E-state index in [9.17, 15) is 4.79 Å². The van der Waals surface area contributed by atoms with Crippen molar-refractivity contribution in [2.75, 3.05) is 13.7 Å². The van der Waals surface area contributed by atoms with Gasteiger partial charge in [-0.25, -0.2) is 4.98 Å². The summed E-state index contributed by atoms with van der Waals surface area (Å²) < 4.78 is 7.24. The summed E-state index contributed by atoms with van der Waals surface area (Å²) in [6, 6.07) is 5.66. The lowest BCUT2D eigenvalue weighted by atomic mass is 10.1. The SMILES string of the molecule is COCc1nnc2n1[C@@H](C)CN(C(=O)c1ccc3nc(C)[nH]c3c1)C2. The third-order valence-electron chi connectivity index (χ3n) is 4.50. The van der Waals surface area contributed by atoms with E-state index >= 15 is 0 Å². The van der Waals surface area contributed by atoms with E-state index in [0.717, 1.165) is 28.5 Å². The van der Waals surface area contributed by atoms with Crippen molar-refractivity contribution < 1.29 is 9.53 Å². The zero-order valence-electron chi connectivity index (χ0n) is 14.5. The molecule has 130 valence electrons. The molecule has 1 N–H and O–H groups in total. The van der Waals surface area contributed by atoms with Gasteiger partial charge in [-0.05, 0) is 32.0 Å². The minimum Gasteiger partial charge on any atom is -0.377 e. The number of nitrogens with zero attached hydrogens (tertiary/aromatic N) is 5. The van der Waals surface area contributed by atoms with Gasteiger partial charge in [0.1, 0.15) is 12.4 Å². The maximum atomic E-state index is 12.9. The molecule has 25 heavy (non-hydrogen) atoms. The molecule has 0 radical (unpaired) electrons. The van der Waals surface area contributed by atoms with Crippen molar-refractivity contribution in [3.05, 3.63) is 41.2 Å². The number of rotatable bonds is 3.